The number of carbonyl (C=O) groups is 1. The number of rotatable bonds is 3. The highest BCUT2D eigenvalue weighted by molar-refractivity contribution is 6.30. The summed E-state index contributed by atoms with van der Waals surface area (Å²) in [5.41, 5.74) is 0.357. The van der Waals surface area contributed by atoms with Gasteiger partial charge in [0, 0.05) is 16.0 Å². The number of nitrogens with zero attached hydrogens (tertiary/aromatic N) is 2. The Balaban J connectivity index is 2.18. The summed E-state index contributed by atoms with van der Waals surface area (Å²) in [6.07, 6.45) is 0.150. The lowest BCUT2D eigenvalue weighted by Crippen LogP contribution is -2.22. The molecular weight excluding hydrogens is 264 g/mol. The number of hydrogen-bond donors (Lipinski definition) is 0. The van der Waals surface area contributed by atoms with Gasteiger partial charge < -0.3 is 4.52 Å². The van der Waals surface area contributed by atoms with E-state index in [4.69, 9.17) is 16.1 Å². The van der Waals surface area contributed by atoms with Crippen LogP contribution in [0.1, 0.15) is 26.7 Å². The SMILES string of the molecule is CC(C)(C)C(=O)Cc1nc(-c2cccc(Cl)c2)no1. The van der Waals surface area contributed by atoms with Gasteiger partial charge in [0.15, 0.2) is 0 Å². The highest BCUT2D eigenvalue weighted by Gasteiger charge is 2.23. The van der Waals surface area contributed by atoms with Crippen LogP contribution in [0, 0.1) is 5.41 Å². The predicted octanol–water partition coefficient (Wildman–Crippen LogP) is 3.55. The molecule has 0 fully saturated rings. The van der Waals surface area contributed by atoms with Crippen LogP contribution in [-0.4, -0.2) is 15.9 Å². The quantitative estimate of drug-likeness (QED) is 0.861. The van der Waals surface area contributed by atoms with Gasteiger partial charge in [-0.1, -0.05) is 49.7 Å². The monoisotopic (exact) mass is 278 g/mol. The zero-order chi connectivity index (χ0) is 14.0. The topological polar surface area (TPSA) is 56.0 Å². The van der Waals surface area contributed by atoms with Crippen molar-refractivity contribution in [3.8, 4) is 11.4 Å². The van der Waals surface area contributed by atoms with Crippen LogP contribution < -0.4 is 0 Å². The molecule has 2 aromatic rings. The van der Waals surface area contributed by atoms with Gasteiger partial charge in [-0.05, 0) is 12.1 Å². The second-order valence-electron chi connectivity index (χ2n) is 5.37. The smallest absolute Gasteiger partial charge is 0.234 e. The van der Waals surface area contributed by atoms with E-state index in [9.17, 15) is 4.79 Å². The van der Waals surface area contributed by atoms with Gasteiger partial charge in [0.05, 0.1) is 6.42 Å². The molecule has 5 heteroatoms. The molecule has 0 N–H and O–H groups in total. The van der Waals surface area contributed by atoms with E-state index in [0.717, 1.165) is 5.56 Å². The maximum Gasteiger partial charge on any atom is 0.234 e. The van der Waals surface area contributed by atoms with Crippen molar-refractivity contribution in [2.24, 2.45) is 5.41 Å². The number of ketones is 1. The molecule has 0 unspecified atom stereocenters. The third-order valence-corrected chi connectivity index (χ3v) is 2.93. The molecular formula is C14H15ClN2O2. The van der Waals surface area contributed by atoms with Gasteiger partial charge in [-0.25, -0.2) is 0 Å². The minimum atomic E-state index is -0.412. The van der Waals surface area contributed by atoms with Gasteiger partial charge in [0.25, 0.3) is 0 Å². The Labute approximate surface area is 116 Å². The molecule has 0 saturated heterocycles. The predicted molar refractivity (Wildman–Crippen MR) is 72.9 cm³/mol. The summed E-state index contributed by atoms with van der Waals surface area (Å²) < 4.78 is 5.10. The van der Waals surface area contributed by atoms with E-state index in [-0.39, 0.29) is 12.2 Å². The number of carbonyl (C=O) groups excluding carboxylic acids is 1. The average molecular weight is 279 g/mol. The van der Waals surface area contributed by atoms with Gasteiger partial charge in [-0.15, -0.1) is 0 Å². The van der Waals surface area contributed by atoms with Crippen LogP contribution in [0.3, 0.4) is 0 Å². The lowest BCUT2D eigenvalue weighted by Gasteiger charge is -2.14. The average Bonchev–Trinajstić information content (AvgIpc) is 2.76. The first-order valence-corrected chi connectivity index (χ1v) is 6.36. The first-order valence-electron chi connectivity index (χ1n) is 5.98. The standard InChI is InChI=1S/C14H15ClN2O2/c1-14(2,3)11(18)8-12-16-13(17-19-12)9-5-4-6-10(15)7-9/h4-7H,8H2,1-3H3. The third-order valence-electron chi connectivity index (χ3n) is 2.70. The van der Waals surface area contributed by atoms with Crippen molar-refractivity contribution >= 4 is 17.4 Å². The molecule has 1 aromatic carbocycles. The molecule has 1 aromatic heterocycles. The minimum Gasteiger partial charge on any atom is -0.339 e. The van der Waals surface area contributed by atoms with Crippen molar-refractivity contribution in [2.45, 2.75) is 27.2 Å². The largest absolute Gasteiger partial charge is 0.339 e. The number of halogens is 1. The van der Waals surface area contributed by atoms with Gasteiger partial charge in [-0.2, -0.15) is 4.98 Å². The zero-order valence-electron chi connectivity index (χ0n) is 11.1. The minimum absolute atomic E-state index is 0.0637. The Kier molecular flexibility index (Phi) is 3.71. The second-order valence-corrected chi connectivity index (χ2v) is 5.81. The summed E-state index contributed by atoms with van der Waals surface area (Å²) in [6, 6.07) is 7.18. The maximum absolute atomic E-state index is 11.9. The van der Waals surface area contributed by atoms with Crippen LogP contribution in [0.4, 0.5) is 0 Å². The van der Waals surface area contributed by atoms with Crippen LogP contribution in [0.15, 0.2) is 28.8 Å². The van der Waals surface area contributed by atoms with E-state index in [1.54, 1.807) is 12.1 Å². The van der Waals surface area contributed by atoms with Crippen molar-refractivity contribution in [2.75, 3.05) is 0 Å². The highest BCUT2D eigenvalue weighted by Crippen LogP contribution is 2.21. The van der Waals surface area contributed by atoms with Crippen molar-refractivity contribution in [3.63, 3.8) is 0 Å². The normalized spacial score (nSPS) is 11.6. The molecule has 0 atom stereocenters. The molecule has 0 saturated carbocycles. The number of aromatic nitrogens is 2. The molecule has 1 heterocycles. The molecule has 0 aliphatic rings. The van der Waals surface area contributed by atoms with Crippen LogP contribution in [-0.2, 0) is 11.2 Å². The molecule has 0 spiro atoms. The molecule has 100 valence electrons. The molecule has 0 bridgehead atoms. The Bertz CT molecular complexity index is 599. The van der Waals surface area contributed by atoms with Crippen molar-refractivity contribution in [1.29, 1.82) is 0 Å². The molecule has 0 amide bonds. The number of hydrogen-bond acceptors (Lipinski definition) is 4. The summed E-state index contributed by atoms with van der Waals surface area (Å²) in [5, 5.41) is 4.47. The number of benzene rings is 1. The van der Waals surface area contributed by atoms with Gasteiger partial charge in [0.1, 0.15) is 5.78 Å². The van der Waals surface area contributed by atoms with E-state index in [1.165, 1.54) is 0 Å². The highest BCUT2D eigenvalue weighted by atomic mass is 35.5. The molecule has 19 heavy (non-hydrogen) atoms. The Morgan fingerprint density at radius 2 is 2.11 bits per heavy atom. The fraction of sp³-hybridized carbons (Fsp3) is 0.357. The molecule has 2 rings (SSSR count). The van der Waals surface area contributed by atoms with E-state index in [1.807, 2.05) is 32.9 Å². The summed E-state index contributed by atoms with van der Waals surface area (Å²) in [5.74, 6) is 0.836. The molecule has 0 radical (unpaired) electrons. The molecule has 4 nitrogen and oxygen atoms in total. The van der Waals surface area contributed by atoms with E-state index in [0.29, 0.717) is 16.7 Å². The fourth-order valence-electron chi connectivity index (χ4n) is 1.47. The Morgan fingerprint density at radius 3 is 2.74 bits per heavy atom. The zero-order valence-corrected chi connectivity index (χ0v) is 11.9. The van der Waals surface area contributed by atoms with Gasteiger partial charge in [0.2, 0.25) is 11.7 Å². The first kappa shape index (κ1) is 13.7. The summed E-state index contributed by atoms with van der Waals surface area (Å²) in [6.45, 7) is 5.59. The number of Topliss-reactive ketones (excluding diaryl/α,β-unsaturated/α-hetero) is 1. The first-order chi connectivity index (χ1) is 8.86. The molecule has 0 aliphatic heterocycles. The third kappa shape index (κ3) is 3.41. The van der Waals surface area contributed by atoms with Crippen molar-refractivity contribution in [1.82, 2.24) is 10.1 Å². The van der Waals surface area contributed by atoms with Crippen LogP contribution >= 0.6 is 11.6 Å². The van der Waals surface area contributed by atoms with Gasteiger partial charge in [-0.3, -0.25) is 4.79 Å². The second kappa shape index (κ2) is 5.13. The lowest BCUT2D eigenvalue weighted by molar-refractivity contribution is -0.125. The van der Waals surface area contributed by atoms with E-state index >= 15 is 0 Å². The van der Waals surface area contributed by atoms with E-state index in [2.05, 4.69) is 10.1 Å². The Hall–Kier alpha value is -1.68. The fourth-order valence-corrected chi connectivity index (χ4v) is 1.66. The lowest BCUT2D eigenvalue weighted by atomic mass is 9.89. The van der Waals surface area contributed by atoms with Gasteiger partial charge >= 0.3 is 0 Å². The van der Waals surface area contributed by atoms with Crippen LogP contribution in [0.5, 0.6) is 0 Å². The van der Waals surface area contributed by atoms with Crippen LogP contribution in [0.2, 0.25) is 5.02 Å². The van der Waals surface area contributed by atoms with Crippen molar-refractivity contribution in [3.05, 3.63) is 35.2 Å². The summed E-state index contributed by atoms with van der Waals surface area (Å²) in [4.78, 5) is 16.1. The molecule has 0 aliphatic carbocycles. The summed E-state index contributed by atoms with van der Waals surface area (Å²) in [7, 11) is 0. The maximum atomic E-state index is 11.9. The summed E-state index contributed by atoms with van der Waals surface area (Å²) >= 11 is 5.91. The van der Waals surface area contributed by atoms with Crippen LogP contribution in [0.25, 0.3) is 11.4 Å². The van der Waals surface area contributed by atoms with Crippen molar-refractivity contribution < 1.29 is 9.32 Å². The Morgan fingerprint density at radius 1 is 1.37 bits per heavy atom. The van der Waals surface area contributed by atoms with E-state index < -0.39 is 5.41 Å².